The van der Waals surface area contributed by atoms with Crippen molar-refractivity contribution in [3.63, 3.8) is 0 Å². The molecular weight excluding hydrogens is 238 g/mol. The molecule has 1 rings (SSSR count). The van der Waals surface area contributed by atoms with Gasteiger partial charge in [0.05, 0.1) is 29.7 Å². The van der Waals surface area contributed by atoms with Gasteiger partial charge in [-0.25, -0.2) is 8.42 Å². The topological polar surface area (TPSA) is 67.2 Å². The molecule has 0 spiro atoms. The molecule has 92 valence electrons. The average Bonchev–Trinajstić information content (AvgIpc) is 2.28. The Balaban J connectivity index is 3.09. The van der Waals surface area contributed by atoms with E-state index in [0.29, 0.717) is 5.75 Å². The van der Waals surface area contributed by atoms with E-state index in [1.807, 2.05) is 6.07 Å². The van der Waals surface area contributed by atoms with E-state index in [4.69, 9.17) is 10.00 Å². The summed E-state index contributed by atoms with van der Waals surface area (Å²) in [5.74, 6) is -0.0189. The van der Waals surface area contributed by atoms with Gasteiger partial charge in [-0.2, -0.15) is 5.26 Å². The molecule has 0 saturated carbocycles. The monoisotopic (exact) mass is 253 g/mol. The number of methoxy groups -OCH3 is 1. The van der Waals surface area contributed by atoms with Crippen molar-refractivity contribution < 1.29 is 13.2 Å². The fraction of sp³-hybridized carbons (Fsp3) is 0.417. The van der Waals surface area contributed by atoms with Crippen molar-refractivity contribution in [1.82, 2.24) is 0 Å². The lowest BCUT2D eigenvalue weighted by Crippen LogP contribution is -2.13. The number of aryl methyl sites for hydroxylation is 1. The highest BCUT2D eigenvalue weighted by molar-refractivity contribution is 7.91. The van der Waals surface area contributed by atoms with Crippen LogP contribution in [0.5, 0.6) is 5.75 Å². The van der Waals surface area contributed by atoms with Crippen molar-refractivity contribution in [1.29, 1.82) is 5.26 Å². The van der Waals surface area contributed by atoms with Crippen molar-refractivity contribution in [2.75, 3.05) is 12.9 Å². The van der Waals surface area contributed by atoms with E-state index in [-0.39, 0.29) is 10.6 Å². The van der Waals surface area contributed by atoms with E-state index in [0.717, 1.165) is 5.56 Å². The van der Waals surface area contributed by atoms with Crippen LogP contribution in [0.1, 0.15) is 12.5 Å². The third kappa shape index (κ3) is 3.21. The van der Waals surface area contributed by atoms with Crippen LogP contribution in [0.3, 0.4) is 0 Å². The van der Waals surface area contributed by atoms with Crippen LogP contribution in [-0.2, 0) is 9.84 Å². The second-order valence-electron chi connectivity index (χ2n) is 3.94. The Hall–Kier alpha value is -1.54. The molecule has 5 heteroatoms. The van der Waals surface area contributed by atoms with Crippen LogP contribution in [0, 0.1) is 24.2 Å². The zero-order valence-electron chi connectivity index (χ0n) is 10.1. The fourth-order valence-corrected chi connectivity index (χ4v) is 3.06. The Bertz CT molecular complexity index is 543. The van der Waals surface area contributed by atoms with Gasteiger partial charge in [0.15, 0.2) is 9.84 Å². The van der Waals surface area contributed by atoms with E-state index in [2.05, 4.69) is 0 Å². The number of nitrogens with zero attached hydrogens (tertiary/aromatic N) is 1. The fourth-order valence-electron chi connectivity index (χ4n) is 1.51. The second kappa shape index (κ2) is 5.19. The van der Waals surface area contributed by atoms with Crippen LogP contribution in [0.2, 0.25) is 0 Å². The van der Waals surface area contributed by atoms with Gasteiger partial charge in [0, 0.05) is 0 Å². The summed E-state index contributed by atoms with van der Waals surface area (Å²) >= 11 is 0. The van der Waals surface area contributed by atoms with E-state index < -0.39 is 15.8 Å². The molecule has 0 amide bonds. The smallest absolute Gasteiger partial charge is 0.179 e. The maximum absolute atomic E-state index is 12.0. The lowest BCUT2D eigenvalue weighted by Gasteiger charge is -2.09. The van der Waals surface area contributed by atoms with E-state index in [1.54, 1.807) is 26.0 Å². The van der Waals surface area contributed by atoms with Crippen molar-refractivity contribution in [2.45, 2.75) is 18.7 Å². The first-order valence-corrected chi connectivity index (χ1v) is 6.83. The molecule has 4 nitrogen and oxygen atoms in total. The number of nitriles is 1. The van der Waals surface area contributed by atoms with Gasteiger partial charge in [0.25, 0.3) is 0 Å². The number of rotatable bonds is 4. The molecular formula is C12H15NO3S. The van der Waals surface area contributed by atoms with Crippen LogP contribution in [0.4, 0.5) is 0 Å². The maximum atomic E-state index is 12.0. The molecule has 1 unspecified atom stereocenters. The molecule has 0 N–H and O–H groups in total. The molecule has 17 heavy (non-hydrogen) atoms. The SMILES string of the molecule is COc1ccc(S(=O)(=O)CC(C)C#N)cc1C. The summed E-state index contributed by atoms with van der Waals surface area (Å²) in [6.45, 7) is 3.37. The zero-order valence-corrected chi connectivity index (χ0v) is 10.9. The van der Waals surface area contributed by atoms with Crippen LogP contribution in [-0.4, -0.2) is 21.3 Å². The molecule has 0 heterocycles. The maximum Gasteiger partial charge on any atom is 0.179 e. The Morgan fingerprint density at radius 2 is 2.12 bits per heavy atom. The van der Waals surface area contributed by atoms with Crippen molar-refractivity contribution in [3.8, 4) is 11.8 Å². The molecule has 0 bridgehead atoms. The second-order valence-corrected chi connectivity index (χ2v) is 5.98. The summed E-state index contributed by atoms with van der Waals surface area (Å²) in [4.78, 5) is 0.234. The Morgan fingerprint density at radius 1 is 1.47 bits per heavy atom. The first-order chi connectivity index (χ1) is 7.90. The van der Waals surface area contributed by atoms with Crippen LogP contribution in [0.25, 0.3) is 0 Å². The van der Waals surface area contributed by atoms with Crippen LogP contribution >= 0.6 is 0 Å². The summed E-state index contributed by atoms with van der Waals surface area (Å²) in [5.41, 5.74) is 0.762. The molecule has 0 aliphatic carbocycles. The van der Waals surface area contributed by atoms with Crippen molar-refractivity contribution in [2.24, 2.45) is 5.92 Å². The van der Waals surface area contributed by atoms with E-state index in [9.17, 15) is 8.42 Å². The first-order valence-electron chi connectivity index (χ1n) is 5.17. The van der Waals surface area contributed by atoms with Crippen LogP contribution < -0.4 is 4.74 Å². The first kappa shape index (κ1) is 13.5. The Labute approximate surface area is 102 Å². The van der Waals surface area contributed by atoms with Gasteiger partial charge in [0.1, 0.15) is 5.75 Å². The Kier molecular flexibility index (Phi) is 4.13. The summed E-state index contributed by atoms with van der Waals surface area (Å²) < 4.78 is 29.0. The number of ether oxygens (including phenoxy) is 1. The molecule has 0 aliphatic heterocycles. The quantitative estimate of drug-likeness (QED) is 0.822. The van der Waals surface area contributed by atoms with E-state index >= 15 is 0 Å². The molecule has 1 atom stereocenters. The normalized spacial score (nSPS) is 12.8. The molecule has 0 radical (unpaired) electrons. The van der Waals surface area contributed by atoms with Gasteiger partial charge >= 0.3 is 0 Å². The van der Waals surface area contributed by atoms with E-state index in [1.165, 1.54) is 13.2 Å². The van der Waals surface area contributed by atoms with Gasteiger partial charge < -0.3 is 4.74 Å². The van der Waals surface area contributed by atoms with Crippen LogP contribution in [0.15, 0.2) is 23.1 Å². The minimum absolute atomic E-state index is 0.157. The van der Waals surface area contributed by atoms with Gasteiger partial charge in [-0.15, -0.1) is 0 Å². The minimum atomic E-state index is -3.40. The highest BCUT2D eigenvalue weighted by atomic mass is 32.2. The largest absolute Gasteiger partial charge is 0.496 e. The average molecular weight is 253 g/mol. The molecule has 0 aromatic heterocycles. The summed E-state index contributed by atoms with van der Waals surface area (Å²) in [6, 6.07) is 6.62. The highest BCUT2D eigenvalue weighted by Gasteiger charge is 2.19. The van der Waals surface area contributed by atoms with Gasteiger partial charge in [-0.1, -0.05) is 0 Å². The predicted octanol–water partition coefficient (Wildman–Crippen LogP) is 1.94. The third-order valence-electron chi connectivity index (χ3n) is 2.42. The number of benzene rings is 1. The molecule has 1 aromatic carbocycles. The minimum Gasteiger partial charge on any atom is -0.496 e. The molecule has 1 aromatic rings. The third-order valence-corrected chi connectivity index (χ3v) is 4.33. The summed E-state index contributed by atoms with van der Waals surface area (Å²) in [7, 11) is -1.86. The zero-order chi connectivity index (χ0) is 13.1. The van der Waals surface area contributed by atoms with Crippen molar-refractivity contribution >= 4 is 9.84 Å². The molecule has 0 fully saturated rings. The highest BCUT2D eigenvalue weighted by Crippen LogP contribution is 2.22. The molecule has 0 aliphatic rings. The Morgan fingerprint density at radius 3 is 2.59 bits per heavy atom. The summed E-state index contributed by atoms with van der Waals surface area (Å²) in [6.07, 6.45) is 0. The number of hydrogen-bond acceptors (Lipinski definition) is 4. The standard InChI is InChI=1S/C12H15NO3S/c1-9(7-13)8-17(14,15)11-4-5-12(16-3)10(2)6-11/h4-6,9H,8H2,1-3H3. The van der Waals surface area contributed by atoms with Gasteiger partial charge in [-0.3, -0.25) is 0 Å². The predicted molar refractivity (Wildman–Crippen MR) is 64.6 cm³/mol. The summed E-state index contributed by atoms with van der Waals surface area (Å²) in [5, 5.41) is 8.65. The van der Waals surface area contributed by atoms with Gasteiger partial charge in [0.2, 0.25) is 0 Å². The van der Waals surface area contributed by atoms with Crippen molar-refractivity contribution in [3.05, 3.63) is 23.8 Å². The molecule has 0 saturated heterocycles. The lowest BCUT2D eigenvalue weighted by atomic mass is 10.2. The van der Waals surface area contributed by atoms with Gasteiger partial charge in [-0.05, 0) is 37.6 Å². The lowest BCUT2D eigenvalue weighted by molar-refractivity contribution is 0.411. The number of sulfone groups is 1. The number of hydrogen-bond donors (Lipinski definition) is 0.